The molecule has 1 heterocycles. The molecule has 2 nitrogen and oxygen atoms in total. The van der Waals surface area contributed by atoms with Gasteiger partial charge in [0.05, 0.1) is 0 Å². The highest BCUT2D eigenvalue weighted by atomic mass is 35.5. The summed E-state index contributed by atoms with van der Waals surface area (Å²) in [6, 6.07) is 2.15. The lowest BCUT2D eigenvalue weighted by Gasteiger charge is -2.32. The van der Waals surface area contributed by atoms with E-state index in [2.05, 4.69) is 10.2 Å². The lowest BCUT2D eigenvalue weighted by molar-refractivity contribution is 0.188. The fourth-order valence-corrected chi connectivity index (χ4v) is 2.88. The summed E-state index contributed by atoms with van der Waals surface area (Å²) < 4.78 is 39.7. The number of hydrogen-bond donors (Lipinski definition) is 1. The van der Waals surface area contributed by atoms with Crippen molar-refractivity contribution in [1.82, 2.24) is 10.2 Å². The van der Waals surface area contributed by atoms with Gasteiger partial charge >= 0.3 is 0 Å². The van der Waals surface area contributed by atoms with Crippen molar-refractivity contribution in [3.05, 3.63) is 35.1 Å². The van der Waals surface area contributed by atoms with Crippen LogP contribution in [-0.2, 0) is 6.54 Å². The number of piperidine rings is 1. The van der Waals surface area contributed by atoms with Crippen molar-refractivity contribution < 1.29 is 13.2 Å². The quantitative estimate of drug-likeness (QED) is 0.829. The SMILES string of the molecule is Cl.Fc1cc(F)c(CN2CCC(NCC3CC3)CC2)cc1F. The average molecular weight is 335 g/mol. The zero-order valence-electron chi connectivity index (χ0n) is 12.5. The minimum absolute atomic E-state index is 0. The molecule has 0 spiro atoms. The maximum Gasteiger partial charge on any atom is 0.161 e. The molecule has 3 rings (SSSR count). The van der Waals surface area contributed by atoms with E-state index in [-0.39, 0.29) is 18.0 Å². The normalized spacial score (nSPS) is 20.0. The molecule has 1 aromatic rings. The van der Waals surface area contributed by atoms with E-state index in [4.69, 9.17) is 0 Å². The summed E-state index contributed by atoms with van der Waals surface area (Å²) in [5.74, 6) is -1.89. The Morgan fingerprint density at radius 3 is 2.23 bits per heavy atom. The van der Waals surface area contributed by atoms with E-state index >= 15 is 0 Å². The largest absolute Gasteiger partial charge is 0.314 e. The molecule has 1 saturated heterocycles. The van der Waals surface area contributed by atoms with Crippen molar-refractivity contribution in [3.8, 4) is 0 Å². The van der Waals surface area contributed by atoms with Crippen LogP contribution in [0, 0.1) is 23.4 Å². The molecule has 1 aliphatic heterocycles. The van der Waals surface area contributed by atoms with Crippen molar-refractivity contribution in [1.29, 1.82) is 0 Å². The maximum atomic E-state index is 13.6. The highest BCUT2D eigenvalue weighted by Gasteiger charge is 2.24. The minimum Gasteiger partial charge on any atom is -0.314 e. The van der Waals surface area contributed by atoms with Gasteiger partial charge in [-0.3, -0.25) is 4.90 Å². The van der Waals surface area contributed by atoms with Gasteiger partial charge in [-0.2, -0.15) is 0 Å². The summed E-state index contributed by atoms with van der Waals surface area (Å²) >= 11 is 0. The molecule has 0 aromatic heterocycles. The monoisotopic (exact) mass is 334 g/mol. The Hall–Kier alpha value is -0.780. The van der Waals surface area contributed by atoms with Gasteiger partial charge in [-0.25, -0.2) is 13.2 Å². The summed E-state index contributed by atoms with van der Waals surface area (Å²) in [4.78, 5) is 2.10. The van der Waals surface area contributed by atoms with Gasteiger partial charge in [0.1, 0.15) is 5.82 Å². The van der Waals surface area contributed by atoms with Crippen LogP contribution in [0.3, 0.4) is 0 Å². The molecule has 1 aromatic carbocycles. The van der Waals surface area contributed by atoms with Crippen LogP contribution >= 0.6 is 12.4 Å². The first kappa shape index (κ1) is 17.6. The molecule has 22 heavy (non-hydrogen) atoms. The fourth-order valence-electron chi connectivity index (χ4n) is 2.88. The standard InChI is InChI=1S/C16H21F3N2.ClH/c17-14-8-16(19)15(18)7-12(14)10-21-5-3-13(4-6-21)20-9-11-1-2-11;/h7-8,11,13,20H,1-6,9-10H2;1H. The van der Waals surface area contributed by atoms with E-state index in [9.17, 15) is 13.2 Å². The van der Waals surface area contributed by atoms with Gasteiger partial charge in [0.2, 0.25) is 0 Å². The third-order valence-corrected chi connectivity index (χ3v) is 4.46. The molecule has 1 saturated carbocycles. The predicted octanol–water partition coefficient (Wildman–Crippen LogP) is 3.49. The molecule has 6 heteroatoms. The highest BCUT2D eigenvalue weighted by molar-refractivity contribution is 5.85. The Bertz CT molecular complexity index is 500. The lowest BCUT2D eigenvalue weighted by Crippen LogP contribution is -2.42. The second-order valence-electron chi connectivity index (χ2n) is 6.26. The van der Waals surface area contributed by atoms with Crippen LogP contribution in [-0.4, -0.2) is 30.6 Å². The summed E-state index contributed by atoms with van der Waals surface area (Å²) in [5.41, 5.74) is 0.235. The first-order valence-corrected chi connectivity index (χ1v) is 7.71. The topological polar surface area (TPSA) is 15.3 Å². The first-order valence-electron chi connectivity index (χ1n) is 7.71. The van der Waals surface area contributed by atoms with E-state index < -0.39 is 17.5 Å². The predicted molar refractivity (Wildman–Crippen MR) is 82.6 cm³/mol. The number of nitrogens with one attached hydrogen (secondary N) is 1. The molecule has 2 aliphatic rings. The van der Waals surface area contributed by atoms with Crippen LogP contribution in [0.1, 0.15) is 31.2 Å². The Morgan fingerprint density at radius 1 is 0.955 bits per heavy atom. The molecule has 0 amide bonds. The van der Waals surface area contributed by atoms with Gasteiger partial charge in [-0.1, -0.05) is 0 Å². The summed E-state index contributed by atoms with van der Waals surface area (Å²) in [7, 11) is 0. The fraction of sp³-hybridized carbons (Fsp3) is 0.625. The molecular formula is C16H22ClF3N2. The number of rotatable bonds is 5. The molecule has 1 aliphatic carbocycles. The van der Waals surface area contributed by atoms with Crippen molar-refractivity contribution in [2.75, 3.05) is 19.6 Å². The van der Waals surface area contributed by atoms with Gasteiger partial charge in [0.15, 0.2) is 11.6 Å². The van der Waals surface area contributed by atoms with Crippen LogP contribution in [0.25, 0.3) is 0 Å². The van der Waals surface area contributed by atoms with Gasteiger partial charge < -0.3 is 5.32 Å². The molecule has 0 atom stereocenters. The number of nitrogens with zero attached hydrogens (tertiary/aromatic N) is 1. The maximum absolute atomic E-state index is 13.6. The van der Waals surface area contributed by atoms with E-state index in [1.807, 2.05) is 0 Å². The number of benzene rings is 1. The Balaban J connectivity index is 0.00000176. The Morgan fingerprint density at radius 2 is 1.59 bits per heavy atom. The first-order chi connectivity index (χ1) is 10.1. The van der Waals surface area contributed by atoms with Gasteiger partial charge in [0.25, 0.3) is 0 Å². The number of likely N-dealkylation sites (tertiary alicyclic amines) is 1. The molecule has 1 N–H and O–H groups in total. The number of hydrogen-bond acceptors (Lipinski definition) is 2. The molecule has 2 fully saturated rings. The van der Waals surface area contributed by atoms with Crippen LogP contribution in [0.2, 0.25) is 0 Å². The van der Waals surface area contributed by atoms with Gasteiger partial charge in [0, 0.05) is 24.2 Å². The van der Waals surface area contributed by atoms with Crippen molar-refractivity contribution in [3.63, 3.8) is 0 Å². The third-order valence-electron chi connectivity index (χ3n) is 4.46. The lowest BCUT2D eigenvalue weighted by atomic mass is 10.0. The van der Waals surface area contributed by atoms with Crippen molar-refractivity contribution in [2.24, 2.45) is 5.92 Å². The van der Waals surface area contributed by atoms with Crippen LogP contribution < -0.4 is 5.32 Å². The second-order valence-corrected chi connectivity index (χ2v) is 6.26. The van der Waals surface area contributed by atoms with Crippen LogP contribution in [0.15, 0.2) is 12.1 Å². The molecule has 124 valence electrons. The van der Waals surface area contributed by atoms with E-state index in [1.54, 1.807) is 0 Å². The van der Waals surface area contributed by atoms with Crippen LogP contribution in [0.4, 0.5) is 13.2 Å². The highest BCUT2D eigenvalue weighted by Crippen LogP contribution is 2.28. The number of halogens is 4. The van der Waals surface area contributed by atoms with E-state index in [1.165, 1.54) is 12.8 Å². The summed E-state index contributed by atoms with van der Waals surface area (Å²) in [6.07, 6.45) is 4.75. The van der Waals surface area contributed by atoms with Crippen LogP contribution in [0.5, 0.6) is 0 Å². The zero-order chi connectivity index (χ0) is 14.8. The molecule has 0 unspecified atom stereocenters. The van der Waals surface area contributed by atoms with Gasteiger partial charge in [-0.15, -0.1) is 12.4 Å². The van der Waals surface area contributed by atoms with Gasteiger partial charge in [-0.05, 0) is 57.3 Å². The molecule has 0 radical (unpaired) electrons. The van der Waals surface area contributed by atoms with E-state index in [0.29, 0.717) is 18.7 Å². The van der Waals surface area contributed by atoms with Crippen molar-refractivity contribution in [2.45, 2.75) is 38.3 Å². The summed E-state index contributed by atoms with van der Waals surface area (Å²) in [6.45, 7) is 3.18. The van der Waals surface area contributed by atoms with Crippen molar-refractivity contribution >= 4 is 12.4 Å². The summed E-state index contributed by atoms with van der Waals surface area (Å²) in [5, 5.41) is 3.59. The minimum atomic E-state index is -1.13. The second kappa shape index (κ2) is 7.66. The third kappa shape index (κ3) is 4.61. The zero-order valence-corrected chi connectivity index (χ0v) is 13.3. The smallest absolute Gasteiger partial charge is 0.161 e. The van der Waals surface area contributed by atoms with E-state index in [0.717, 1.165) is 44.5 Å². The molecule has 0 bridgehead atoms. The molecular weight excluding hydrogens is 313 g/mol. The Labute approximate surface area is 135 Å². The Kier molecular flexibility index (Phi) is 6.12. The average Bonchev–Trinajstić information content (AvgIpc) is 3.28.